The van der Waals surface area contributed by atoms with Crippen molar-refractivity contribution < 1.29 is 19.2 Å². The minimum atomic E-state index is -0.458. The largest absolute Gasteiger partial charge is 0.465 e. The highest BCUT2D eigenvalue weighted by Gasteiger charge is 2.55. The molecule has 4 saturated carbocycles. The molecule has 4 fully saturated rings. The van der Waals surface area contributed by atoms with Crippen molar-refractivity contribution in [2.45, 2.75) is 38.5 Å². The van der Waals surface area contributed by atoms with E-state index < -0.39 is 5.97 Å². The maximum absolute atomic E-state index is 12.9. The normalized spacial score (nSPS) is 33.3. The van der Waals surface area contributed by atoms with Gasteiger partial charge < -0.3 is 9.57 Å². The zero-order valence-electron chi connectivity index (χ0n) is 13.7. The number of carbonyl (C=O) groups is 2. The van der Waals surface area contributed by atoms with Crippen LogP contribution in [0.1, 0.15) is 48.9 Å². The number of nitrogens with zero attached hydrogens (tertiary/aromatic N) is 1. The van der Waals surface area contributed by atoms with Crippen LogP contribution in [0.15, 0.2) is 18.3 Å². The van der Waals surface area contributed by atoms with Crippen LogP contribution in [0.3, 0.4) is 0 Å². The Morgan fingerprint density at radius 1 is 1.17 bits per heavy atom. The Morgan fingerprint density at radius 2 is 1.75 bits per heavy atom. The van der Waals surface area contributed by atoms with Crippen LogP contribution in [-0.4, -0.2) is 23.8 Å². The number of carbonyl (C=O) groups excluding carboxylic acids is 2. The molecule has 0 atom stereocenters. The van der Waals surface area contributed by atoms with Crippen LogP contribution in [0, 0.1) is 27.8 Å². The highest BCUT2D eigenvalue weighted by molar-refractivity contribution is 7.71. The maximum atomic E-state index is 12.9. The van der Waals surface area contributed by atoms with Crippen molar-refractivity contribution in [2.24, 2.45) is 23.2 Å². The summed E-state index contributed by atoms with van der Waals surface area (Å²) in [7, 11) is 1.32. The minimum Gasteiger partial charge on any atom is -0.465 e. The van der Waals surface area contributed by atoms with Crippen molar-refractivity contribution in [1.29, 1.82) is 0 Å². The van der Waals surface area contributed by atoms with E-state index in [4.69, 9.17) is 17.1 Å². The molecule has 1 aromatic rings. The van der Waals surface area contributed by atoms with Gasteiger partial charge in [0, 0.05) is 6.20 Å². The van der Waals surface area contributed by atoms with Crippen molar-refractivity contribution >= 4 is 24.2 Å². The molecule has 5 rings (SSSR count). The average molecular weight is 347 g/mol. The first-order valence-corrected chi connectivity index (χ1v) is 8.94. The lowest BCUT2D eigenvalue weighted by atomic mass is 9.49. The number of aromatic nitrogens is 1. The third-order valence-corrected chi connectivity index (χ3v) is 6.26. The number of esters is 1. The van der Waals surface area contributed by atoms with E-state index in [-0.39, 0.29) is 16.0 Å². The van der Waals surface area contributed by atoms with E-state index in [9.17, 15) is 9.59 Å². The van der Waals surface area contributed by atoms with Crippen molar-refractivity contribution in [2.75, 3.05) is 7.11 Å². The van der Waals surface area contributed by atoms with E-state index in [1.807, 2.05) is 0 Å². The standard InChI is InChI=1S/C18H21NO4S/c1-22-16(20)14-2-3-19(15(24)7-14)23-17(21)18-8-11-4-12(9-18)6-13(5-11)10-18/h2-3,7,11-13H,4-6,8-10H2,1H3. The average Bonchev–Trinajstić information content (AvgIpc) is 2.54. The summed E-state index contributed by atoms with van der Waals surface area (Å²) in [4.78, 5) is 30.1. The van der Waals surface area contributed by atoms with E-state index in [0.29, 0.717) is 23.3 Å². The quantitative estimate of drug-likeness (QED) is 0.621. The van der Waals surface area contributed by atoms with Gasteiger partial charge in [-0.2, -0.15) is 4.73 Å². The van der Waals surface area contributed by atoms with Crippen LogP contribution in [0.25, 0.3) is 0 Å². The second-order valence-corrected chi connectivity index (χ2v) is 8.07. The van der Waals surface area contributed by atoms with Crippen molar-refractivity contribution in [3.63, 3.8) is 0 Å². The van der Waals surface area contributed by atoms with Gasteiger partial charge in [-0.1, -0.05) is 12.2 Å². The fourth-order valence-electron chi connectivity index (χ4n) is 5.33. The number of hydrogen-bond acceptors (Lipinski definition) is 5. The van der Waals surface area contributed by atoms with Gasteiger partial charge in [-0.05, 0) is 68.4 Å². The molecule has 0 aliphatic heterocycles. The summed E-state index contributed by atoms with van der Waals surface area (Å²) in [5.74, 6) is 1.42. The molecule has 1 aromatic heterocycles. The van der Waals surface area contributed by atoms with Crippen molar-refractivity contribution in [1.82, 2.24) is 4.73 Å². The Balaban J connectivity index is 1.54. The Kier molecular flexibility index (Phi) is 3.75. The Morgan fingerprint density at radius 3 is 2.25 bits per heavy atom. The molecule has 0 amide bonds. The van der Waals surface area contributed by atoms with E-state index in [1.54, 1.807) is 6.07 Å². The number of rotatable bonds is 3. The van der Waals surface area contributed by atoms with Gasteiger partial charge in [0.1, 0.15) is 4.64 Å². The first-order chi connectivity index (χ1) is 11.5. The third kappa shape index (κ3) is 2.57. The zero-order valence-corrected chi connectivity index (χ0v) is 14.5. The Hall–Kier alpha value is -1.69. The fraction of sp³-hybridized carbons (Fsp3) is 0.611. The van der Waals surface area contributed by atoms with Crippen LogP contribution in [0.5, 0.6) is 0 Å². The monoisotopic (exact) mass is 347 g/mol. The van der Waals surface area contributed by atoms with Gasteiger partial charge in [0.25, 0.3) is 0 Å². The van der Waals surface area contributed by atoms with Crippen LogP contribution in [-0.2, 0) is 9.53 Å². The molecule has 0 saturated heterocycles. The number of ether oxygens (including phenoxy) is 1. The van der Waals surface area contributed by atoms with Crippen LogP contribution >= 0.6 is 12.2 Å². The van der Waals surface area contributed by atoms with Crippen molar-refractivity contribution in [3.8, 4) is 0 Å². The molecule has 4 aliphatic rings. The summed E-state index contributed by atoms with van der Waals surface area (Å²) in [5, 5.41) is 0. The summed E-state index contributed by atoms with van der Waals surface area (Å²) in [5.41, 5.74) is 0.0227. The van der Waals surface area contributed by atoms with Gasteiger partial charge >= 0.3 is 11.9 Å². The summed E-state index contributed by atoms with van der Waals surface area (Å²) in [6, 6.07) is 3.04. The zero-order chi connectivity index (χ0) is 16.9. The van der Waals surface area contributed by atoms with E-state index in [1.165, 1.54) is 43.4 Å². The second kappa shape index (κ2) is 5.69. The van der Waals surface area contributed by atoms with Crippen LogP contribution in [0.2, 0.25) is 0 Å². The highest BCUT2D eigenvalue weighted by Crippen LogP contribution is 2.60. The molecule has 128 valence electrons. The summed E-state index contributed by atoms with van der Waals surface area (Å²) < 4.78 is 6.26. The molecule has 0 aromatic carbocycles. The smallest absolute Gasteiger partial charge is 0.339 e. The minimum absolute atomic E-state index is 0.163. The van der Waals surface area contributed by atoms with Crippen molar-refractivity contribution in [3.05, 3.63) is 28.5 Å². The topological polar surface area (TPSA) is 57.5 Å². The molecule has 1 heterocycles. The number of pyridine rings is 1. The van der Waals surface area contributed by atoms with E-state index in [2.05, 4.69) is 4.74 Å². The summed E-state index contributed by atoms with van der Waals surface area (Å²) >= 11 is 5.25. The molecule has 5 nitrogen and oxygen atoms in total. The van der Waals surface area contributed by atoms with Gasteiger partial charge in [0.15, 0.2) is 0 Å². The molecule has 0 N–H and O–H groups in total. The first-order valence-electron chi connectivity index (χ1n) is 8.53. The molecule has 4 aliphatic carbocycles. The van der Waals surface area contributed by atoms with Crippen LogP contribution < -0.4 is 4.84 Å². The summed E-state index contributed by atoms with van der Waals surface area (Å²) in [6.07, 6.45) is 8.20. The maximum Gasteiger partial charge on any atom is 0.339 e. The second-order valence-electron chi connectivity index (χ2n) is 7.65. The molecule has 4 bridgehead atoms. The molecule has 0 radical (unpaired) electrons. The SMILES string of the molecule is COC(=O)c1ccn(OC(=O)C23CC4CC(CC(C4)C2)C3)c(=S)c1. The first kappa shape index (κ1) is 15.8. The van der Waals surface area contributed by atoms with Gasteiger partial charge in [0.2, 0.25) is 0 Å². The molecule has 6 heteroatoms. The highest BCUT2D eigenvalue weighted by atomic mass is 32.1. The molecular weight excluding hydrogens is 326 g/mol. The predicted molar refractivity (Wildman–Crippen MR) is 88.8 cm³/mol. The number of hydrogen-bond donors (Lipinski definition) is 0. The summed E-state index contributed by atoms with van der Waals surface area (Å²) in [6.45, 7) is 0. The van der Waals surface area contributed by atoms with Gasteiger partial charge in [-0.15, -0.1) is 0 Å². The number of methoxy groups -OCH3 is 1. The lowest BCUT2D eigenvalue weighted by Crippen LogP contribution is -2.52. The van der Waals surface area contributed by atoms with E-state index >= 15 is 0 Å². The Labute approximate surface area is 145 Å². The van der Waals surface area contributed by atoms with Gasteiger partial charge in [-0.3, -0.25) is 0 Å². The molecule has 0 spiro atoms. The lowest BCUT2D eigenvalue weighted by Gasteiger charge is -2.54. The predicted octanol–water partition coefficient (Wildman–Crippen LogP) is 3.18. The van der Waals surface area contributed by atoms with Gasteiger partial charge in [-0.25, -0.2) is 9.59 Å². The van der Waals surface area contributed by atoms with Crippen LogP contribution in [0.4, 0.5) is 0 Å². The Bertz CT molecular complexity index is 718. The third-order valence-electron chi connectivity index (χ3n) is 5.96. The van der Waals surface area contributed by atoms with E-state index in [0.717, 1.165) is 19.3 Å². The van der Waals surface area contributed by atoms with Gasteiger partial charge in [0.05, 0.1) is 18.1 Å². The lowest BCUT2D eigenvalue weighted by molar-refractivity contribution is -0.172. The fourth-order valence-corrected chi connectivity index (χ4v) is 5.56. The molecular formula is C18H21NO4S. The molecule has 0 unspecified atom stereocenters. The molecule has 24 heavy (non-hydrogen) atoms.